The average Bonchev–Trinajstić information content (AvgIpc) is 2.39. The van der Waals surface area contributed by atoms with Crippen LogP contribution in [0.5, 0.6) is 0 Å². The maximum absolute atomic E-state index is 9.50. The smallest absolute Gasteiger partial charge is 0.202 e. The highest BCUT2D eigenvalue weighted by atomic mass is 16.5. The maximum atomic E-state index is 9.50. The molecule has 0 aromatic carbocycles. The van der Waals surface area contributed by atoms with E-state index in [9.17, 15) is 10.2 Å². The zero-order valence-electron chi connectivity index (χ0n) is 14.1. The van der Waals surface area contributed by atoms with E-state index in [1.807, 2.05) is 0 Å². The van der Waals surface area contributed by atoms with Gasteiger partial charge in [-0.15, -0.1) is 0 Å². The highest BCUT2D eigenvalue weighted by Gasteiger charge is 2.28. The monoisotopic (exact) mass is 288 g/mol. The van der Waals surface area contributed by atoms with Crippen molar-refractivity contribution < 1.29 is 14.7 Å². The molecule has 0 aliphatic rings. The average molecular weight is 288 g/mol. The number of unbranched alkanes of at least 4 members (excludes halogenated alkanes) is 6. The predicted octanol–water partition coefficient (Wildman–Crippen LogP) is 3.68. The van der Waals surface area contributed by atoms with Crippen molar-refractivity contribution in [2.24, 2.45) is 0 Å². The summed E-state index contributed by atoms with van der Waals surface area (Å²) in [4.78, 5) is 0. The van der Waals surface area contributed by atoms with Crippen LogP contribution in [0.1, 0.15) is 78.6 Å². The molecule has 20 heavy (non-hydrogen) atoms. The van der Waals surface area contributed by atoms with Crippen molar-refractivity contribution >= 4 is 0 Å². The molecule has 0 aromatic heterocycles. The summed E-state index contributed by atoms with van der Waals surface area (Å²) in [6.45, 7) is 10.5. The van der Waals surface area contributed by atoms with Crippen molar-refractivity contribution in [1.82, 2.24) is 0 Å². The molecule has 0 spiro atoms. The Bertz CT molecular complexity index is 181. The Labute approximate surface area is 126 Å². The third-order valence-corrected chi connectivity index (χ3v) is 4.26. The van der Waals surface area contributed by atoms with E-state index in [1.54, 1.807) is 0 Å². The van der Waals surface area contributed by atoms with Gasteiger partial charge in [0.15, 0.2) is 0 Å². The molecule has 0 aliphatic carbocycles. The van der Waals surface area contributed by atoms with Gasteiger partial charge in [0, 0.05) is 0 Å². The molecular weight excluding hydrogens is 250 g/mol. The van der Waals surface area contributed by atoms with Crippen LogP contribution in [0, 0.1) is 0 Å². The third kappa shape index (κ3) is 9.73. The Morgan fingerprint density at radius 1 is 0.650 bits per heavy atom. The molecule has 0 fully saturated rings. The molecule has 0 saturated heterocycles. The third-order valence-electron chi connectivity index (χ3n) is 4.26. The number of aliphatic hydroxyl groups is 2. The molecule has 0 radical (unpaired) electrons. The lowest BCUT2D eigenvalue weighted by atomic mass is 10.1. The lowest BCUT2D eigenvalue weighted by molar-refractivity contribution is -0.934. The van der Waals surface area contributed by atoms with Crippen LogP contribution in [0.3, 0.4) is 0 Å². The highest BCUT2D eigenvalue weighted by molar-refractivity contribution is 4.51. The first-order valence-electron chi connectivity index (χ1n) is 8.81. The Balaban J connectivity index is 4.57. The van der Waals surface area contributed by atoms with Gasteiger partial charge in [-0.1, -0.05) is 40.0 Å². The summed E-state index contributed by atoms with van der Waals surface area (Å²) in [6.07, 6.45) is 9.91. The molecule has 122 valence electrons. The van der Waals surface area contributed by atoms with Gasteiger partial charge in [-0.05, 0) is 38.5 Å². The van der Waals surface area contributed by atoms with Gasteiger partial charge in [-0.3, -0.25) is 0 Å². The number of aliphatic hydroxyl groups excluding tert-OH is 1. The largest absolute Gasteiger partial charge is 0.364 e. The molecule has 0 amide bonds. The standard InChI is InChI=1S/C17H38NO2/c1-4-7-10-13-18(16-17(19)20,14-11-8-5-2)15-12-9-6-3/h17,19-20H,4-16H2,1-3H3/q+1. The van der Waals surface area contributed by atoms with Crippen LogP contribution in [0.25, 0.3) is 0 Å². The number of hydrogen-bond donors (Lipinski definition) is 2. The number of quaternary nitrogens is 1. The number of hydrogen-bond acceptors (Lipinski definition) is 2. The second-order valence-corrected chi connectivity index (χ2v) is 6.30. The van der Waals surface area contributed by atoms with Crippen LogP contribution in [-0.2, 0) is 0 Å². The molecule has 3 heteroatoms. The van der Waals surface area contributed by atoms with E-state index < -0.39 is 6.29 Å². The molecule has 0 atom stereocenters. The number of nitrogens with zero attached hydrogens (tertiary/aromatic N) is 1. The molecule has 0 aromatic rings. The van der Waals surface area contributed by atoms with Gasteiger partial charge in [-0.25, -0.2) is 0 Å². The van der Waals surface area contributed by atoms with Crippen LogP contribution in [0.2, 0.25) is 0 Å². The van der Waals surface area contributed by atoms with Crippen molar-refractivity contribution in [3.63, 3.8) is 0 Å². The predicted molar refractivity (Wildman–Crippen MR) is 86.5 cm³/mol. The zero-order chi connectivity index (χ0) is 15.3. The Kier molecular flexibility index (Phi) is 12.5. The topological polar surface area (TPSA) is 40.5 Å². The van der Waals surface area contributed by atoms with Crippen molar-refractivity contribution in [2.45, 2.75) is 84.8 Å². The summed E-state index contributed by atoms with van der Waals surface area (Å²) in [5.74, 6) is 0. The van der Waals surface area contributed by atoms with Gasteiger partial charge in [0.25, 0.3) is 0 Å². The van der Waals surface area contributed by atoms with E-state index in [0.717, 1.165) is 24.1 Å². The molecular formula is C17H38NO2+. The van der Waals surface area contributed by atoms with Crippen LogP contribution in [-0.4, -0.2) is 47.2 Å². The van der Waals surface area contributed by atoms with Crippen molar-refractivity contribution in [1.29, 1.82) is 0 Å². The molecule has 0 heterocycles. The second kappa shape index (κ2) is 12.6. The Hall–Kier alpha value is -0.120. The van der Waals surface area contributed by atoms with Gasteiger partial charge in [0.1, 0.15) is 6.54 Å². The van der Waals surface area contributed by atoms with E-state index in [4.69, 9.17) is 0 Å². The van der Waals surface area contributed by atoms with Crippen LogP contribution in [0.15, 0.2) is 0 Å². The SMILES string of the molecule is CCCCC[N+](CCCCC)(CCCCC)CC(O)O. The summed E-state index contributed by atoms with van der Waals surface area (Å²) >= 11 is 0. The van der Waals surface area contributed by atoms with E-state index >= 15 is 0 Å². The first-order valence-corrected chi connectivity index (χ1v) is 8.81. The molecule has 3 nitrogen and oxygen atoms in total. The van der Waals surface area contributed by atoms with Gasteiger partial charge in [0.2, 0.25) is 6.29 Å². The molecule has 0 aliphatic heterocycles. The normalized spacial score (nSPS) is 12.3. The van der Waals surface area contributed by atoms with Crippen molar-refractivity contribution in [3.8, 4) is 0 Å². The zero-order valence-corrected chi connectivity index (χ0v) is 14.1. The fourth-order valence-electron chi connectivity index (χ4n) is 3.05. The quantitative estimate of drug-likeness (QED) is 0.291. The Morgan fingerprint density at radius 2 is 1.00 bits per heavy atom. The van der Waals surface area contributed by atoms with Gasteiger partial charge in [-0.2, -0.15) is 0 Å². The van der Waals surface area contributed by atoms with Crippen LogP contribution >= 0.6 is 0 Å². The summed E-state index contributed by atoms with van der Waals surface area (Å²) in [5, 5.41) is 19.0. The second-order valence-electron chi connectivity index (χ2n) is 6.30. The van der Waals surface area contributed by atoms with E-state index in [-0.39, 0.29) is 0 Å². The fraction of sp³-hybridized carbons (Fsp3) is 1.00. The van der Waals surface area contributed by atoms with E-state index in [2.05, 4.69) is 20.8 Å². The summed E-state index contributed by atoms with van der Waals surface area (Å²) in [6, 6.07) is 0. The van der Waals surface area contributed by atoms with Gasteiger partial charge >= 0.3 is 0 Å². The van der Waals surface area contributed by atoms with Gasteiger partial charge in [0.05, 0.1) is 19.6 Å². The Morgan fingerprint density at radius 3 is 1.25 bits per heavy atom. The minimum absolute atomic E-state index is 0.511. The summed E-state index contributed by atoms with van der Waals surface area (Å²) in [5.41, 5.74) is 0. The minimum Gasteiger partial charge on any atom is -0.364 e. The highest BCUT2D eigenvalue weighted by Crippen LogP contribution is 2.17. The molecule has 0 unspecified atom stereocenters. The summed E-state index contributed by atoms with van der Waals surface area (Å²) < 4.78 is 0.914. The lowest BCUT2D eigenvalue weighted by Gasteiger charge is -2.39. The molecule has 2 N–H and O–H groups in total. The van der Waals surface area contributed by atoms with E-state index in [1.165, 1.54) is 57.8 Å². The van der Waals surface area contributed by atoms with Crippen LogP contribution < -0.4 is 0 Å². The van der Waals surface area contributed by atoms with Gasteiger partial charge < -0.3 is 14.7 Å². The maximum Gasteiger partial charge on any atom is 0.202 e. The molecule has 0 bridgehead atoms. The summed E-state index contributed by atoms with van der Waals surface area (Å²) in [7, 11) is 0. The van der Waals surface area contributed by atoms with E-state index in [0.29, 0.717) is 6.54 Å². The first kappa shape index (κ1) is 19.9. The van der Waals surface area contributed by atoms with Crippen molar-refractivity contribution in [3.05, 3.63) is 0 Å². The fourth-order valence-corrected chi connectivity index (χ4v) is 3.05. The minimum atomic E-state index is -1.17. The van der Waals surface area contributed by atoms with Crippen LogP contribution in [0.4, 0.5) is 0 Å². The lowest BCUT2D eigenvalue weighted by Crippen LogP contribution is -2.54. The molecule has 0 rings (SSSR count). The van der Waals surface area contributed by atoms with Crippen molar-refractivity contribution in [2.75, 3.05) is 26.2 Å². The number of rotatable bonds is 14. The molecule has 0 saturated carbocycles. The first-order chi connectivity index (χ1) is 9.60.